The number of rotatable bonds is 2. The van der Waals surface area contributed by atoms with E-state index in [9.17, 15) is 18.4 Å². The number of benzene rings is 1. The molecular formula is C28H25F3N6O2. The van der Waals surface area contributed by atoms with Crippen LogP contribution in [0.25, 0.3) is 27.7 Å². The monoisotopic (exact) mass is 534 g/mol. The first-order chi connectivity index (χ1) is 18.8. The predicted octanol–water partition coefficient (Wildman–Crippen LogP) is 4.14. The third kappa shape index (κ3) is 3.86. The lowest BCUT2D eigenvalue weighted by molar-refractivity contribution is -0.114. The first-order valence-electron chi connectivity index (χ1n) is 13.0. The summed E-state index contributed by atoms with van der Waals surface area (Å²) in [6, 6.07) is 8.19. The van der Waals surface area contributed by atoms with Crippen molar-refractivity contribution in [2.75, 3.05) is 26.2 Å². The Hall–Kier alpha value is -4.28. The number of hydrogen-bond acceptors (Lipinski definition) is 3. The van der Waals surface area contributed by atoms with Gasteiger partial charge < -0.3 is 19.7 Å². The van der Waals surface area contributed by atoms with Gasteiger partial charge in [0, 0.05) is 81.0 Å². The summed E-state index contributed by atoms with van der Waals surface area (Å²) in [7, 11) is 0. The summed E-state index contributed by atoms with van der Waals surface area (Å²) in [5.74, 6) is -3.46. The second-order valence-corrected chi connectivity index (χ2v) is 10.4. The molecule has 0 radical (unpaired) electrons. The van der Waals surface area contributed by atoms with E-state index >= 15 is 4.39 Å². The van der Waals surface area contributed by atoms with Gasteiger partial charge in [-0.05, 0) is 29.8 Å². The van der Waals surface area contributed by atoms with Crippen LogP contribution in [0.1, 0.15) is 29.7 Å². The number of hydrogen-bond donors (Lipinski definition) is 1. The van der Waals surface area contributed by atoms with Crippen LogP contribution in [0.15, 0.2) is 48.9 Å². The maximum Gasteiger partial charge on any atom is 0.320 e. The second-order valence-electron chi connectivity index (χ2n) is 10.4. The summed E-state index contributed by atoms with van der Waals surface area (Å²) in [4.78, 5) is 33.9. The van der Waals surface area contributed by atoms with E-state index in [1.807, 2.05) is 39.6 Å². The van der Waals surface area contributed by atoms with Gasteiger partial charge in [0.25, 0.3) is 11.8 Å². The lowest BCUT2D eigenvalue weighted by Crippen LogP contribution is -2.49. The van der Waals surface area contributed by atoms with E-state index in [1.165, 1.54) is 17.0 Å². The van der Waals surface area contributed by atoms with E-state index in [-0.39, 0.29) is 44.4 Å². The molecular weight excluding hydrogens is 509 g/mol. The highest BCUT2D eigenvalue weighted by Gasteiger charge is 2.37. The van der Waals surface area contributed by atoms with E-state index in [4.69, 9.17) is 0 Å². The summed E-state index contributed by atoms with van der Waals surface area (Å²) in [6.07, 6.45) is 4.77. The number of fused-ring (bicyclic) bond motifs is 1. The Labute approximate surface area is 221 Å². The van der Waals surface area contributed by atoms with Gasteiger partial charge in [-0.15, -0.1) is 0 Å². The number of carbonyl (C=O) groups excluding carboxylic acids is 2. The smallest absolute Gasteiger partial charge is 0.320 e. The summed E-state index contributed by atoms with van der Waals surface area (Å²) >= 11 is 0. The quantitative estimate of drug-likeness (QED) is 0.420. The van der Waals surface area contributed by atoms with Crippen molar-refractivity contribution in [1.29, 1.82) is 0 Å². The van der Waals surface area contributed by atoms with Crippen molar-refractivity contribution in [1.82, 2.24) is 29.1 Å². The normalized spacial score (nSPS) is 19.2. The number of imidazole rings is 1. The zero-order chi connectivity index (χ0) is 26.9. The molecule has 3 aliphatic rings. The first kappa shape index (κ1) is 23.8. The number of halogens is 3. The van der Waals surface area contributed by atoms with Crippen LogP contribution in [0.2, 0.25) is 0 Å². The Bertz CT molecular complexity index is 1690. The predicted molar refractivity (Wildman–Crippen MR) is 138 cm³/mol. The maximum atomic E-state index is 15.0. The minimum Gasteiger partial charge on any atom is -0.348 e. The molecule has 1 aromatic carbocycles. The lowest BCUT2D eigenvalue weighted by atomic mass is 9.98. The molecule has 0 saturated carbocycles. The van der Waals surface area contributed by atoms with Gasteiger partial charge in [0.05, 0.1) is 23.0 Å². The molecule has 0 unspecified atom stereocenters. The average molecular weight is 535 g/mol. The minimum absolute atomic E-state index is 0.00727. The van der Waals surface area contributed by atoms with Gasteiger partial charge in [0.15, 0.2) is 0 Å². The van der Waals surface area contributed by atoms with E-state index in [0.717, 1.165) is 22.4 Å². The fourth-order valence-corrected chi connectivity index (χ4v) is 6.03. The van der Waals surface area contributed by atoms with Crippen molar-refractivity contribution in [2.45, 2.75) is 31.9 Å². The molecule has 3 aliphatic heterocycles. The Kier molecular flexibility index (Phi) is 5.26. The largest absolute Gasteiger partial charge is 0.348 e. The maximum absolute atomic E-state index is 15.0. The molecule has 0 spiro atoms. The zero-order valence-electron chi connectivity index (χ0n) is 21.0. The number of pyridine rings is 1. The summed E-state index contributed by atoms with van der Waals surface area (Å²) in [5, 5.41) is 3.51. The average Bonchev–Trinajstić information content (AvgIpc) is 3.57. The molecule has 200 valence electrons. The molecule has 0 bridgehead atoms. The highest BCUT2D eigenvalue weighted by atomic mass is 19.3. The molecule has 11 heteroatoms. The standard InChI is InChI=1S/C28H25F3N6O2/c29-18-11-17-15-36(27(39)34-7-4-28(30,31)5-8-34)10-9-35-16-21(19(12-18)25(17)35)24-20(13-33-26(24)38)22-14-32-23-3-1-2-6-37(22)23/h1-3,6,11-12,14,16H,4-5,7-10,13,15H2,(H,33,38). The number of likely N-dealkylation sites (tertiary alicyclic amines) is 1. The molecule has 1 N–H and O–H groups in total. The molecule has 1 saturated heterocycles. The minimum atomic E-state index is -2.75. The Morgan fingerprint density at radius 1 is 1.05 bits per heavy atom. The lowest BCUT2D eigenvalue weighted by Gasteiger charge is -2.35. The number of amides is 3. The number of urea groups is 1. The molecule has 0 aliphatic carbocycles. The molecule has 1 fully saturated rings. The van der Waals surface area contributed by atoms with E-state index in [1.54, 1.807) is 11.1 Å². The van der Waals surface area contributed by atoms with E-state index < -0.39 is 11.7 Å². The fourth-order valence-electron chi connectivity index (χ4n) is 6.03. The van der Waals surface area contributed by atoms with Crippen molar-refractivity contribution in [2.24, 2.45) is 0 Å². The zero-order valence-corrected chi connectivity index (χ0v) is 21.0. The molecule has 4 aromatic rings. The number of piperidine rings is 1. The molecule has 3 aromatic heterocycles. The first-order valence-corrected chi connectivity index (χ1v) is 13.0. The number of alkyl halides is 2. The third-order valence-electron chi connectivity index (χ3n) is 7.97. The van der Waals surface area contributed by atoms with Crippen LogP contribution < -0.4 is 5.32 Å². The van der Waals surface area contributed by atoms with Gasteiger partial charge in [-0.2, -0.15) is 0 Å². The van der Waals surface area contributed by atoms with Gasteiger partial charge >= 0.3 is 6.03 Å². The molecule has 7 rings (SSSR count). The third-order valence-corrected chi connectivity index (χ3v) is 7.97. The van der Waals surface area contributed by atoms with Crippen LogP contribution in [0.3, 0.4) is 0 Å². The van der Waals surface area contributed by atoms with Gasteiger partial charge in [-0.3, -0.25) is 9.20 Å². The van der Waals surface area contributed by atoms with Gasteiger partial charge in [-0.25, -0.2) is 22.9 Å². The SMILES string of the molecule is O=C1NCC(c2cnc3ccccn23)=C1c1cn2c3c(cc(F)cc13)CN(C(=O)N1CCC(F)(F)CC1)CC2. The van der Waals surface area contributed by atoms with Crippen LogP contribution >= 0.6 is 0 Å². The summed E-state index contributed by atoms with van der Waals surface area (Å²) < 4.78 is 46.2. The van der Waals surface area contributed by atoms with Crippen molar-refractivity contribution in [3.63, 3.8) is 0 Å². The number of nitrogens with zero attached hydrogens (tertiary/aromatic N) is 5. The Balaban J connectivity index is 1.30. The molecule has 3 amide bonds. The fraction of sp³-hybridized carbons (Fsp3) is 0.321. The van der Waals surface area contributed by atoms with Crippen molar-refractivity contribution >= 4 is 39.6 Å². The van der Waals surface area contributed by atoms with Gasteiger partial charge in [0.1, 0.15) is 11.5 Å². The second kappa shape index (κ2) is 8.62. The van der Waals surface area contributed by atoms with E-state index in [2.05, 4.69) is 10.3 Å². The van der Waals surface area contributed by atoms with E-state index in [0.29, 0.717) is 41.7 Å². The van der Waals surface area contributed by atoms with Crippen molar-refractivity contribution < 1.29 is 22.8 Å². The topological polar surface area (TPSA) is 74.9 Å². The number of nitrogens with one attached hydrogen (secondary N) is 1. The van der Waals surface area contributed by atoms with Crippen LogP contribution in [-0.2, 0) is 17.9 Å². The number of aromatic nitrogens is 3. The van der Waals surface area contributed by atoms with Crippen LogP contribution in [0, 0.1) is 5.82 Å². The van der Waals surface area contributed by atoms with Crippen LogP contribution in [0.4, 0.5) is 18.0 Å². The highest BCUT2D eigenvalue weighted by Crippen LogP contribution is 2.38. The van der Waals surface area contributed by atoms with Crippen LogP contribution in [0.5, 0.6) is 0 Å². The Morgan fingerprint density at radius 3 is 2.69 bits per heavy atom. The van der Waals surface area contributed by atoms with Crippen molar-refractivity contribution in [3.8, 4) is 0 Å². The Morgan fingerprint density at radius 2 is 1.87 bits per heavy atom. The molecule has 6 heterocycles. The summed E-state index contributed by atoms with van der Waals surface area (Å²) in [5.41, 5.74) is 4.79. The van der Waals surface area contributed by atoms with Gasteiger partial charge in [0.2, 0.25) is 0 Å². The summed E-state index contributed by atoms with van der Waals surface area (Å²) in [6.45, 7) is 1.21. The highest BCUT2D eigenvalue weighted by molar-refractivity contribution is 6.32. The molecule has 8 nitrogen and oxygen atoms in total. The molecule has 39 heavy (non-hydrogen) atoms. The number of carbonyl (C=O) groups is 2. The van der Waals surface area contributed by atoms with Crippen molar-refractivity contribution in [3.05, 3.63) is 71.6 Å². The van der Waals surface area contributed by atoms with Crippen LogP contribution in [-0.4, -0.2) is 67.8 Å². The van der Waals surface area contributed by atoms with Gasteiger partial charge in [-0.1, -0.05) is 6.07 Å². The molecule has 0 atom stereocenters.